The Morgan fingerprint density at radius 3 is 2.25 bits per heavy atom. The molecule has 0 saturated carbocycles. The summed E-state index contributed by atoms with van der Waals surface area (Å²) in [6.07, 6.45) is 1.49. The third kappa shape index (κ3) is 4.88. The first-order valence-electron chi connectivity index (χ1n) is 5.16. The summed E-state index contributed by atoms with van der Waals surface area (Å²) in [5, 5.41) is 0. The molecule has 0 fully saturated rings. The minimum atomic E-state index is -1.65. The number of benzene rings is 1. The van der Waals surface area contributed by atoms with Crippen LogP contribution in [0.1, 0.15) is 0 Å². The average molecular weight is 238 g/mol. The highest BCUT2D eigenvalue weighted by Gasteiger charge is 2.18. The second-order valence-electron chi connectivity index (χ2n) is 4.29. The lowest BCUT2D eigenvalue weighted by atomic mass is 10.3. The Hall–Kier alpha value is -1.42. The molecule has 3 nitrogen and oxygen atoms in total. The summed E-state index contributed by atoms with van der Waals surface area (Å²) < 4.78 is 16.2. The van der Waals surface area contributed by atoms with Gasteiger partial charge in [-0.2, -0.15) is 0 Å². The van der Waals surface area contributed by atoms with Crippen LogP contribution in [-0.2, 0) is 9.16 Å². The van der Waals surface area contributed by atoms with Gasteiger partial charge in [-0.3, -0.25) is 0 Å². The molecule has 0 saturated heterocycles. The van der Waals surface area contributed by atoms with E-state index in [0.29, 0.717) is 5.95 Å². The monoisotopic (exact) mass is 238 g/mol. The third-order valence-electron chi connectivity index (χ3n) is 1.64. The lowest BCUT2D eigenvalue weighted by Gasteiger charge is -2.19. The van der Waals surface area contributed by atoms with Crippen molar-refractivity contribution in [3.8, 4) is 5.75 Å². The maximum atomic E-state index is 5.66. The van der Waals surface area contributed by atoms with E-state index in [0.717, 1.165) is 5.75 Å². The SMILES string of the molecule is CO/C(=C/Oc1ccccc1)O[Si](C)(C)C. The molecule has 4 heteroatoms. The van der Waals surface area contributed by atoms with Crippen molar-refractivity contribution in [3.63, 3.8) is 0 Å². The normalized spacial score (nSPS) is 12.1. The lowest BCUT2D eigenvalue weighted by molar-refractivity contribution is 0.135. The van der Waals surface area contributed by atoms with Gasteiger partial charge in [0.15, 0.2) is 6.26 Å². The molecule has 0 bridgehead atoms. The van der Waals surface area contributed by atoms with E-state index >= 15 is 0 Å². The van der Waals surface area contributed by atoms with E-state index in [1.807, 2.05) is 30.3 Å². The predicted octanol–water partition coefficient (Wildman–Crippen LogP) is 3.36. The van der Waals surface area contributed by atoms with E-state index < -0.39 is 8.32 Å². The van der Waals surface area contributed by atoms with Gasteiger partial charge in [0.05, 0.1) is 7.11 Å². The molecule has 0 N–H and O–H groups in total. The first-order chi connectivity index (χ1) is 7.51. The van der Waals surface area contributed by atoms with E-state index in [4.69, 9.17) is 13.9 Å². The molecule has 1 aromatic rings. The molecule has 0 aliphatic rings. The molecule has 0 amide bonds. The van der Waals surface area contributed by atoms with Crippen LogP contribution in [0.2, 0.25) is 19.6 Å². The van der Waals surface area contributed by atoms with Crippen LogP contribution in [0.3, 0.4) is 0 Å². The second kappa shape index (κ2) is 5.60. The van der Waals surface area contributed by atoms with E-state index in [9.17, 15) is 0 Å². The summed E-state index contributed by atoms with van der Waals surface area (Å²) in [5.41, 5.74) is 0. The number of methoxy groups -OCH3 is 1. The molecule has 1 rings (SSSR count). The number of rotatable bonds is 5. The van der Waals surface area contributed by atoms with Crippen molar-refractivity contribution in [2.75, 3.05) is 7.11 Å². The van der Waals surface area contributed by atoms with Gasteiger partial charge in [-0.1, -0.05) is 18.2 Å². The average Bonchev–Trinajstić information content (AvgIpc) is 2.24. The number of para-hydroxylation sites is 1. The minimum absolute atomic E-state index is 0.419. The van der Waals surface area contributed by atoms with Crippen LogP contribution in [0.15, 0.2) is 42.5 Å². The maximum absolute atomic E-state index is 5.66. The summed E-state index contributed by atoms with van der Waals surface area (Å²) in [7, 11) is -0.0830. The number of hydrogen-bond acceptors (Lipinski definition) is 3. The fourth-order valence-electron chi connectivity index (χ4n) is 1.03. The van der Waals surface area contributed by atoms with Crippen LogP contribution in [0.25, 0.3) is 0 Å². The molecule has 88 valence electrons. The Morgan fingerprint density at radius 2 is 1.75 bits per heavy atom. The van der Waals surface area contributed by atoms with Crippen molar-refractivity contribution < 1.29 is 13.9 Å². The van der Waals surface area contributed by atoms with Gasteiger partial charge < -0.3 is 13.9 Å². The Bertz CT molecular complexity index is 341. The van der Waals surface area contributed by atoms with E-state index in [2.05, 4.69) is 19.6 Å². The molecule has 0 radical (unpaired) electrons. The van der Waals surface area contributed by atoms with Gasteiger partial charge in [0.25, 0.3) is 0 Å². The van der Waals surface area contributed by atoms with Crippen LogP contribution in [-0.4, -0.2) is 15.4 Å². The van der Waals surface area contributed by atoms with Crippen molar-refractivity contribution in [1.29, 1.82) is 0 Å². The number of ether oxygens (including phenoxy) is 2. The summed E-state index contributed by atoms with van der Waals surface area (Å²) in [4.78, 5) is 0. The van der Waals surface area contributed by atoms with Gasteiger partial charge in [0.1, 0.15) is 5.75 Å². The molecule has 0 atom stereocenters. The van der Waals surface area contributed by atoms with Gasteiger partial charge in [0.2, 0.25) is 8.32 Å². The Balaban J connectivity index is 2.60. The highest BCUT2D eigenvalue weighted by molar-refractivity contribution is 6.69. The molecule has 0 aliphatic carbocycles. The zero-order valence-electron chi connectivity index (χ0n) is 10.2. The summed E-state index contributed by atoms with van der Waals surface area (Å²) >= 11 is 0. The Labute approximate surface area is 97.8 Å². The van der Waals surface area contributed by atoms with E-state index in [-0.39, 0.29) is 0 Å². The van der Waals surface area contributed by atoms with Crippen LogP contribution in [0, 0.1) is 0 Å². The van der Waals surface area contributed by atoms with Crippen molar-refractivity contribution in [1.82, 2.24) is 0 Å². The first-order valence-corrected chi connectivity index (χ1v) is 8.57. The molecule has 0 spiro atoms. The lowest BCUT2D eigenvalue weighted by Crippen LogP contribution is -2.25. The second-order valence-corrected chi connectivity index (χ2v) is 8.72. The highest BCUT2D eigenvalue weighted by Crippen LogP contribution is 2.13. The zero-order chi connectivity index (χ0) is 12.0. The molecular formula is C12H18O3Si. The molecule has 0 aromatic heterocycles. The largest absolute Gasteiger partial charge is 0.518 e. The number of hydrogen-bond donors (Lipinski definition) is 0. The van der Waals surface area contributed by atoms with E-state index in [1.165, 1.54) is 6.26 Å². The fourth-order valence-corrected chi connectivity index (χ4v) is 1.77. The summed E-state index contributed by atoms with van der Waals surface area (Å²) in [6, 6.07) is 9.51. The van der Waals surface area contributed by atoms with Crippen LogP contribution >= 0.6 is 0 Å². The topological polar surface area (TPSA) is 27.7 Å². The van der Waals surface area contributed by atoms with Crippen LogP contribution in [0.4, 0.5) is 0 Å². The van der Waals surface area contributed by atoms with Gasteiger partial charge >= 0.3 is 5.95 Å². The third-order valence-corrected chi connectivity index (χ3v) is 2.46. The van der Waals surface area contributed by atoms with Gasteiger partial charge in [0, 0.05) is 0 Å². The van der Waals surface area contributed by atoms with Crippen LogP contribution < -0.4 is 4.74 Å². The van der Waals surface area contributed by atoms with E-state index in [1.54, 1.807) is 7.11 Å². The van der Waals surface area contributed by atoms with Gasteiger partial charge in [-0.05, 0) is 31.8 Å². The molecule has 0 heterocycles. The van der Waals surface area contributed by atoms with Gasteiger partial charge in [-0.15, -0.1) is 0 Å². The quantitative estimate of drug-likeness (QED) is 0.581. The Morgan fingerprint density at radius 1 is 1.12 bits per heavy atom. The fraction of sp³-hybridized carbons (Fsp3) is 0.333. The molecule has 16 heavy (non-hydrogen) atoms. The van der Waals surface area contributed by atoms with Crippen molar-refractivity contribution >= 4 is 8.32 Å². The summed E-state index contributed by atoms with van der Waals surface area (Å²) in [6.45, 7) is 6.26. The molecule has 0 aliphatic heterocycles. The van der Waals surface area contributed by atoms with Crippen molar-refractivity contribution in [2.45, 2.75) is 19.6 Å². The minimum Gasteiger partial charge on any atom is -0.518 e. The molecule has 1 aromatic carbocycles. The Kier molecular flexibility index (Phi) is 4.43. The molecule has 0 unspecified atom stereocenters. The summed E-state index contributed by atoms with van der Waals surface area (Å²) in [5.74, 6) is 1.18. The highest BCUT2D eigenvalue weighted by atomic mass is 28.4. The van der Waals surface area contributed by atoms with Gasteiger partial charge in [-0.25, -0.2) is 0 Å². The van der Waals surface area contributed by atoms with Crippen molar-refractivity contribution in [3.05, 3.63) is 42.5 Å². The molecular weight excluding hydrogens is 220 g/mol. The standard InChI is InChI=1S/C12H18O3Si/c1-13-12(15-16(2,3)4)10-14-11-8-6-5-7-9-11/h5-10H,1-4H3/b12-10-. The van der Waals surface area contributed by atoms with Crippen LogP contribution in [0.5, 0.6) is 5.75 Å². The first kappa shape index (κ1) is 12.6. The zero-order valence-corrected chi connectivity index (χ0v) is 11.2. The smallest absolute Gasteiger partial charge is 0.302 e. The van der Waals surface area contributed by atoms with Crippen molar-refractivity contribution in [2.24, 2.45) is 0 Å². The predicted molar refractivity (Wildman–Crippen MR) is 66.6 cm³/mol. The maximum Gasteiger partial charge on any atom is 0.302 e.